The van der Waals surface area contributed by atoms with Crippen LogP contribution in [0.2, 0.25) is 0 Å². The number of rotatable bonds is 7. The van der Waals surface area contributed by atoms with Gasteiger partial charge < -0.3 is 63.8 Å². The first kappa shape index (κ1) is 35.7. The van der Waals surface area contributed by atoms with Gasteiger partial charge >= 0.3 is 5.97 Å². The number of ether oxygens (including phenoxy) is 7. The van der Waals surface area contributed by atoms with Crippen LogP contribution in [0.3, 0.4) is 0 Å². The van der Waals surface area contributed by atoms with Crippen LogP contribution < -0.4 is 0 Å². The van der Waals surface area contributed by atoms with Gasteiger partial charge in [-0.1, -0.05) is 13.8 Å². The maximum absolute atomic E-state index is 12.7. The number of aliphatic hydroxyl groups excluding tert-OH is 5. The summed E-state index contributed by atoms with van der Waals surface area (Å²) in [7, 11) is 1.43. The third kappa shape index (κ3) is 4.93. The van der Waals surface area contributed by atoms with E-state index in [1.807, 2.05) is 0 Å². The molecule has 8 aliphatic rings. The van der Waals surface area contributed by atoms with Gasteiger partial charge in [0.05, 0.1) is 24.9 Å². The van der Waals surface area contributed by atoms with Crippen LogP contribution in [0, 0.1) is 28.6 Å². The smallest absolute Gasteiger partial charge is 0.331 e. The monoisotopic (exact) mass is 710 g/mol. The molecular formula is C36H54O14. The number of hydrogen-bond donors (Lipinski definition) is 6. The van der Waals surface area contributed by atoms with E-state index in [0.717, 1.165) is 50.5 Å². The van der Waals surface area contributed by atoms with E-state index >= 15 is 0 Å². The van der Waals surface area contributed by atoms with Crippen molar-refractivity contribution in [2.24, 2.45) is 28.6 Å². The van der Waals surface area contributed by atoms with Crippen LogP contribution in [0.15, 0.2) is 11.6 Å². The Labute approximate surface area is 291 Å². The molecule has 0 aromatic rings. The SMILES string of the molecule is CO[C@H]1[C@H](O)[C@H](O[C@H]2CC[C@@]3(C)[C@@H](C2)C[C@@H]2O[C@]24[C@@H]3CC[C@]2(C)[C@@H](C3=CC(=O)OC3)CC[C@]42O)O[C@@H](C)[C@@H]1O[C@@H]1O[C@H](CO)[C@@H](O)[C@H](O)[C@H]1O. The Morgan fingerprint density at radius 1 is 0.900 bits per heavy atom. The first-order valence-electron chi connectivity index (χ1n) is 18.5. The number of epoxide rings is 1. The van der Waals surface area contributed by atoms with Crippen molar-refractivity contribution in [2.45, 2.75) is 157 Å². The second-order valence-corrected chi connectivity index (χ2v) is 16.9. The van der Waals surface area contributed by atoms with Crippen molar-refractivity contribution in [3.8, 4) is 0 Å². The van der Waals surface area contributed by atoms with Crippen LogP contribution in [-0.2, 0) is 38.0 Å². The number of fused-ring (bicyclic) bond motifs is 3. The average Bonchev–Trinajstić information content (AvgIpc) is 3.53. The fourth-order valence-electron chi connectivity index (χ4n) is 12.0. The number of cyclic esters (lactones) is 1. The molecule has 0 bridgehead atoms. The van der Waals surface area contributed by atoms with Gasteiger partial charge in [-0.25, -0.2) is 4.79 Å². The molecule has 0 radical (unpaired) electrons. The molecule has 1 spiro atoms. The summed E-state index contributed by atoms with van der Waals surface area (Å²) in [5, 5.41) is 64.6. The Bertz CT molecular complexity index is 1360. The van der Waals surface area contributed by atoms with Gasteiger partial charge in [-0.2, -0.15) is 0 Å². The van der Waals surface area contributed by atoms with Crippen LogP contribution in [0.25, 0.3) is 0 Å². The molecule has 7 fully saturated rings. The van der Waals surface area contributed by atoms with Crippen molar-refractivity contribution in [3.05, 3.63) is 11.6 Å². The summed E-state index contributed by atoms with van der Waals surface area (Å²) in [5.74, 6) is 0.287. The molecule has 50 heavy (non-hydrogen) atoms. The average molecular weight is 711 g/mol. The maximum Gasteiger partial charge on any atom is 0.331 e. The lowest BCUT2D eigenvalue weighted by atomic mass is 9.43. The highest BCUT2D eigenvalue weighted by atomic mass is 16.7. The van der Waals surface area contributed by atoms with Gasteiger partial charge in [0.15, 0.2) is 12.6 Å². The van der Waals surface area contributed by atoms with Gasteiger partial charge in [0.25, 0.3) is 0 Å². The highest BCUT2D eigenvalue weighted by Gasteiger charge is 2.84. The van der Waals surface area contributed by atoms with E-state index in [4.69, 9.17) is 33.2 Å². The van der Waals surface area contributed by atoms with Gasteiger partial charge in [0.1, 0.15) is 60.5 Å². The van der Waals surface area contributed by atoms with Crippen LogP contribution in [0.4, 0.5) is 0 Å². The minimum Gasteiger partial charge on any atom is -0.458 e. The second kappa shape index (κ2) is 12.4. The Morgan fingerprint density at radius 2 is 1.66 bits per heavy atom. The zero-order chi connectivity index (χ0) is 35.5. The fraction of sp³-hybridized carbons (Fsp3) is 0.917. The quantitative estimate of drug-likeness (QED) is 0.118. The van der Waals surface area contributed by atoms with Crippen LogP contribution in [0.5, 0.6) is 0 Å². The molecule has 4 saturated carbocycles. The molecule has 4 aliphatic carbocycles. The molecule has 0 aromatic heterocycles. The first-order chi connectivity index (χ1) is 23.7. The standard InChI is InChI=1S/C36H54O14/c1-16-29(49-31-27(41)26(40)25(39)21(14-37)48-31)30(44-4)28(42)32(46-16)47-19-5-8-33(2)18(12-19)13-23-36(50-23)22(33)7-9-34(3)20(6-10-35(34,36)43)17-11-24(38)45-15-17/h11,16,18-23,25-32,37,39-43H,5-10,12-15H2,1-4H3/t16-,18-,19-,20+,21+,22+,23-,25+,26-,27+,28-,29-,30-,31-,32-,33-,34+,35+,36+/m0/s1. The lowest BCUT2D eigenvalue weighted by Crippen LogP contribution is -2.68. The first-order valence-corrected chi connectivity index (χ1v) is 18.5. The van der Waals surface area contributed by atoms with E-state index in [9.17, 15) is 35.4 Å². The van der Waals surface area contributed by atoms with Crippen LogP contribution in [0.1, 0.15) is 72.1 Å². The van der Waals surface area contributed by atoms with Gasteiger partial charge in [0.2, 0.25) is 0 Å². The fourth-order valence-corrected chi connectivity index (χ4v) is 12.0. The summed E-state index contributed by atoms with van der Waals surface area (Å²) in [6.45, 7) is 6.00. The van der Waals surface area contributed by atoms with Crippen LogP contribution >= 0.6 is 0 Å². The topological polar surface area (TPSA) is 206 Å². The molecule has 6 N–H and O–H groups in total. The highest BCUT2D eigenvalue weighted by Crippen LogP contribution is 2.77. The van der Waals surface area contributed by atoms with Crippen molar-refractivity contribution in [1.29, 1.82) is 0 Å². The van der Waals surface area contributed by atoms with E-state index in [1.165, 1.54) is 7.11 Å². The number of carbonyl (C=O) groups excluding carboxylic acids is 1. The normalized spacial score (nSPS) is 57.2. The van der Waals surface area contributed by atoms with Crippen molar-refractivity contribution in [2.75, 3.05) is 20.3 Å². The van der Waals surface area contributed by atoms with E-state index < -0.39 is 84.6 Å². The second-order valence-electron chi connectivity index (χ2n) is 16.9. The van der Waals surface area contributed by atoms with Gasteiger partial charge in [0, 0.05) is 18.6 Å². The summed E-state index contributed by atoms with van der Waals surface area (Å²) in [6, 6.07) is 0. The summed E-state index contributed by atoms with van der Waals surface area (Å²) < 4.78 is 41.8. The molecule has 8 rings (SSSR count). The zero-order valence-corrected chi connectivity index (χ0v) is 29.3. The van der Waals surface area contributed by atoms with Crippen molar-refractivity contribution in [1.82, 2.24) is 0 Å². The van der Waals surface area contributed by atoms with Crippen molar-refractivity contribution in [3.63, 3.8) is 0 Å². The molecule has 0 unspecified atom stereocenters. The lowest BCUT2D eigenvalue weighted by Gasteiger charge is -2.62. The molecule has 3 saturated heterocycles. The molecule has 19 atom stereocenters. The van der Waals surface area contributed by atoms with Crippen LogP contribution in [-0.4, -0.2) is 142 Å². The molecule has 4 heterocycles. The molecule has 14 heteroatoms. The molecule has 282 valence electrons. The van der Waals surface area contributed by atoms with Gasteiger partial charge in [-0.3, -0.25) is 0 Å². The molecular weight excluding hydrogens is 656 g/mol. The largest absolute Gasteiger partial charge is 0.458 e. The predicted molar refractivity (Wildman–Crippen MR) is 170 cm³/mol. The van der Waals surface area contributed by atoms with Gasteiger partial charge in [-0.15, -0.1) is 0 Å². The number of methoxy groups -OCH3 is 1. The van der Waals surface area contributed by atoms with E-state index in [0.29, 0.717) is 18.9 Å². The number of carbonyl (C=O) groups is 1. The summed E-state index contributed by atoms with van der Waals surface area (Å²) in [5.41, 5.74) is -1.02. The zero-order valence-electron chi connectivity index (χ0n) is 29.3. The van der Waals surface area contributed by atoms with E-state index in [-0.39, 0.29) is 35.4 Å². The highest BCUT2D eigenvalue weighted by molar-refractivity contribution is 5.85. The van der Waals surface area contributed by atoms with E-state index in [1.54, 1.807) is 13.0 Å². The van der Waals surface area contributed by atoms with E-state index in [2.05, 4.69) is 13.8 Å². The summed E-state index contributed by atoms with van der Waals surface area (Å²) in [4.78, 5) is 11.9. The third-order valence-corrected chi connectivity index (χ3v) is 14.8. The summed E-state index contributed by atoms with van der Waals surface area (Å²) >= 11 is 0. The van der Waals surface area contributed by atoms with Crippen molar-refractivity contribution >= 4 is 5.97 Å². The molecule has 0 aromatic carbocycles. The molecule has 14 nitrogen and oxygen atoms in total. The number of esters is 1. The third-order valence-electron chi connectivity index (χ3n) is 14.8. The molecule has 0 amide bonds. The maximum atomic E-state index is 12.7. The Morgan fingerprint density at radius 3 is 2.36 bits per heavy atom. The number of hydrogen-bond acceptors (Lipinski definition) is 14. The predicted octanol–water partition coefficient (Wildman–Crippen LogP) is 0.0657. The Balaban J connectivity index is 0.933. The Hall–Kier alpha value is -1.27. The lowest BCUT2D eigenvalue weighted by molar-refractivity contribution is -0.362. The van der Waals surface area contributed by atoms with Crippen molar-refractivity contribution < 1.29 is 68.6 Å². The minimum atomic E-state index is -1.61. The number of aliphatic hydroxyl groups is 6. The Kier molecular flexibility index (Phi) is 8.86. The minimum absolute atomic E-state index is 0.0436. The summed E-state index contributed by atoms with van der Waals surface area (Å²) in [6.07, 6.45) is -4.22. The molecule has 4 aliphatic heterocycles. The van der Waals surface area contributed by atoms with Gasteiger partial charge in [-0.05, 0) is 87.0 Å².